The van der Waals surface area contributed by atoms with Gasteiger partial charge in [-0.3, -0.25) is 9.69 Å². The number of unbranched alkanes of at least 4 members (excludes halogenated alkanes) is 1. The number of carboxylic acids is 1. The number of aliphatic carboxylic acids is 1. The van der Waals surface area contributed by atoms with Gasteiger partial charge in [-0.1, -0.05) is 24.6 Å². The van der Waals surface area contributed by atoms with Crippen molar-refractivity contribution >= 4 is 18.2 Å². The van der Waals surface area contributed by atoms with Crippen molar-refractivity contribution in [2.75, 3.05) is 19.8 Å². The molecule has 0 radical (unpaired) electrons. The van der Waals surface area contributed by atoms with Gasteiger partial charge >= 0.3 is 11.9 Å². The fourth-order valence-corrected chi connectivity index (χ4v) is 1.99. The van der Waals surface area contributed by atoms with Crippen LogP contribution in [-0.2, 0) is 9.53 Å². The number of ether oxygens (including phenoxy) is 1. The Balaban J connectivity index is 2.38. The fourth-order valence-electron chi connectivity index (χ4n) is 1.99. The first kappa shape index (κ1) is 19.6. The summed E-state index contributed by atoms with van der Waals surface area (Å²) in [6.07, 6.45) is 2.98. The number of nitrogens with zero attached hydrogens (tertiary/aromatic N) is 2. The number of esters is 1. The summed E-state index contributed by atoms with van der Waals surface area (Å²) in [7, 11) is 0. The van der Waals surface area contributed by atoms with E-state index in [1.807, 2.05) is 6.07 Å². The molecule has 132 valence electrons. The van der Waals surface area contributed by atoms with Gasteiger partial charge in [0.2, 0.25) is 0 Å². The lowest BCUT2D eigenvalue weighted by Crippen LogP contribution is -2.32. The average Bonchev–Trinajstić information content (AvgIpc) is 2.60. The quantitative estimate of drug-likeness (QED) is 0.138. The molecule has 0 aromatic heterocycles. The van der Waals surface area contributed by atoms with Crippen LogP contribution in [0.4, 0.5) is 0 Å². The Morgan fingerprint density at radius 3 is 2.62 bits per heavy atom. The summed E-state index contributed by atoms with van der Waals surface area (Å²) in [6.45, 7) is 0.911. The van der Waals surface area contributed by atoms with E-state index in [1.54, 1.807) is 29.2 Å². The van der Waals surface area contributed by atoms with Crippen molar-refractivity contribution in [3.63, 3.8) is 0 Å². The molecule has 0 saturated carbocycles. The van der Waals surface area contributed by atoms with Crippen LogP contribution in [0.2, 0.25) is 0 Å². The van der Waals surface area contributed by atoms with E-state index in [0.29, 0.717) is 37.9 Å². The highest BCUT2D eigenvalue weighted by Gasteiger charge is 2.12. The molecule has 0 spiro atoms. The van der Waals surface area contributed by atoms with Gasteiger partial charge in [-0.05, 0) is 25.0 Å². The van der Waals surface area contributed by atoms with E-state index in [9.17, 15) is 9.59 Å². The van der Waals surface area contributed by atoms with Crippen LogP contribution in [0.5, 0.6) is 0 Å². The molecule has 1 atom stereocenters. The van der Waals surface area contributed by atoms with E-state index in [2.05, 4.69) is 5.16 Å². The average molecular weight is 337 g/mol. The highest BCUT2D eigenvalue weighted by atomic mass is 16.5. The molecule has 4 N–H and O–H groups in total. The van der Waals surface area contributed by atoms with Crippen LogP contribution >= 0.6 is 0 Å². The Bertz CT molecular complexity index is 536. The summed E-state index contributed by atoms with van der Waals surface area (Å²) >= 11 is 0. The summed E-state index contributed by atoms with van der Waals surface area (Å²) in [5.74, 6) is -1.45. The van der Waals surface area contributed by atoms with Crippen molar-refractivity contribution in [2.45, 2.75) is 25.3 Å². The zero-order valence-corrected chi connectivity index (χ0v) is 13.4. The van der Waals surface area contributed by atoms with E-state index < -0.39 is 18.0 Å². The summed E-state index contributed by atoms with van der Waals surface area (Å²) in [5.41, 5.74) is 5.90. The summed E-state index contributed by atoms with van der Waals surface area (Å²) in [4.78, 5) is 24.3. The molecule has 0 saturated heterocycles. The standard InChI is InChI=1S/C16H23N3O5/c17-14(15(20)21)8-4-5-10-19(11-9-18-23)12-24-16(22)13-6-2-1-3-7-13/h1-3,6-7,9,14,23H,4-5,8,10-12,17H2,(H,20,21)/t14-/m0/s1. The fraction of sp³-hybridized carbons (Fsp3) is 0.438. The minimum Gasteiger partial charge on any atom is -0.480 e. The maximum absolute atomic E-state index is 11.9. The second-order valence-electron chi connectivity index (χ2n) is 5.24. The number of benzene rings is 1. The largest absolute Gasteiger partial charge is 0.480 e. The predicted molar refractivity (Wildman–Crippen MR) is 88.0 cm³/mol. The van der Waals surface area contributed by atoms with E-state index in [0.717, 1.165) is 0 Å². The lowest BCUT2D eigenvalue weighted by atomic mass is 10.1. The third-order valence-electron chi connectivity index (χ3n) is 3.37. The van der Waals surface area contributed by atoms with Crippen LogP contribution in [0.15, 0.2) is 35.5 Å². The summed E-state index contributed by atoms with van der Waals surface area (Å²) < 4.78 is 5.23. The van der Waals surface area contributed by atoms with E-state index in [-0.39, 0.29) is 6.73 Å². The van der Waals surface area contributed by atoms with Crippen molar-refractivity contribution in [3.8, 4) is 0 Å². The van der Waals surface area contributed by atoms with E-state index in [4.69, 9.17) is 20.8 Å². The number of carboxylic acid groups (broad SMARTS) is 1. The number of oxime groups is 1. The molecule has 0 fully saturated rings. The summed E-state index contributed by atoms with van der Waals surface area (Å²) in [5, 5.41) is 20.2. The Labute approximate surface area is 140 Å². The Hall–Kier alpha value is -2.45. The second-order valence-corrected chi connectivity index (χ2v) is 5.24. The molecule has 8 heteroatoms. The highest BCUT2D eigenvalue weighted by molar-refractivity contribution is 5.89. The molecule has 0 amide bonds. The molecular weight excluding hydrogens is 314 g/mol. The van der Waals surface area contributed by atoms with Crippen LogP contribution in [-0.4, -0.2) is 59.2 Å². The Morgan fingerprint density at radius 2 is 2.00 bits per heavy atom. The first-order valence-electron chi connectivity index (χ1n) is 7.63. The molecule has 1 aromatic carbocycles. The lowest BCUT2D eigenvalue weighted by molar-refractivity contribution is -0.138. The van der Waals surface area contributed by atoms with Gasteiger partial charge in [0.15, 0.2) is 0 Å². The van der Waals surface area contributed by atoms with Crippen LogP contribution in [0.1, 0.15) is 29.6 Å². The third kappa shape index (κ3) is 7.70. The van der Waals surface area contributed by atoms with Gasteiger partial charge in [-0.2, -0.15) is 0 Å². The minimum absolute atomic E-state index is 0.0464. The van der Waals surface area contributed by atoms with Crippen molar-refractivity contribution in [3.05, 3.63) is 35.9 Å². The third-order valence-corrected chi connectivity index (χ3v) is 3.37. The number of rotatable bonds is 11. The smallest absolute Gasteiger partial charge is 0.339 e. The van der Waals surface area contributed by atoms with E-state index in [1.165, 1.54) is 6.21 Å². The Morgan fingerprint density at radius 1 is 1.29 bits per heavy atom. The van der Waals surface area contributed by atoms with Crippen LogP contribution < -0.4 is 5.73 Å². The topological polar surface area (TPSA) is 125 Å². The number of nitrogens with two attached hydrogens (primary N) is 1. The van der Waals surface area contributed by atoms with Gasteiger partial charge in [0.1, 0.15) is 12.8 Å². The van der Waals surface area contributed by atoms with E-state index >= 15 is 0 Å². The van der Waals surface area contributed by atoms with Crippen LogP contribution in [0.3, 0.4) is 0 Å². The summed E-state index contributed by atoms with van der Waals surface area (Å²) in [6, 6.07) is 7.76. The molecule has 0 aliphatic carbocycles. The number of carbonyl (C=O) groups excluding carboxylic acids is 1. The van der Waals surface area contributed by atoms with Gasteiger partial charge < -0.3 is 20.8 Å². The van der Waals surface area contributed by atoms with Crippen molar-refractivity contribution in [2.24, 2.45) is 10.9 Å². The van der Waals surface area contributed by atoms with Gasteiger partial charge in [0.25, 0.3) is 0 Å². The van der Waals surface area contributed by atoms with Gasteiger partial charge in [-0.15, -0.1) is 5.16 Å². The molecule has 1 aromatic rings. The highest BCUT2D eigenvalue weighted by Crippen LogP contribution is 2.04. The zero-order chi connectivity index (χ0) is 17.8. The first-order chi connectivity index (χ1) is 11.5. The zero-order valence-electron chi connectivity index (χ0n) is 13.4. The van der Waals surface area contributed by atoms with Crippen LogP contribution in [0.25, 0.3) is 0 Å². The Kier molecular flexibility index (Phi) is 9.10. The van der Waals surface area contributed by atoms with Crippen molar-refractivity contribution in [1.29, 1.82) is 0 Å². The van der Waals surface area contributed by atoms with Crippen molar-refractivity contribution in [1.82, 2.24) is 4.90 Å². The molecule has 1 rings (SSSR count). The SMILES string of the molecule is N[C@@H](CCCCN(CC=NO)COC(=O)c1ccccc1)C(=O)O. The lowest BCUT2D eigenvalue weighted by Gasteiger charge is -2.20. The molecule has 0 aliphatic rings. The maximum Gasteiger partial charge on any atom is 0.339 e. The molecule has 0 bridgehead atoms. The molecule has 0 unspecified atom stereocenters. The van der Waals surface area contributed by atoms with Crippen molar-refractivity contribution < 1.29 is 24.6 Å². The number of hydrogen-bond acceptors (Lipinski definition) is 7. The van der Waals surface area contributed by atoms with Gasteiger partial charge in [0.05, 0.1) is 11.8 Å². The number of hydrogen-bond donors (Lipinski definition) is 3. The van der Waals surface area contributed by atoms with Gasteiger partial charge in [0, 0.05) is 13.1 Å². The van der Waals surface area contributed by atoms with Gasteiger partial charge in [-0.25, -0.2) is 4.79 Å². The van der Waals surface area contributed by atoms with Crippen LogP contribution in [0, 0.1) is 0 Å². The molecule has 24 heavy (non-hydrogen) atoms. The minimum atomic E-state index is -1.02. The predicted octanol–water partition coefficient (Wildman–Crippen LogP) is 1.15. The first-order valence-corrected chi connectivity index (χ1v) is 7.63. The molecular formula is C16H23N3O5. The monoisotopic (exact) mass is 337 g/mol. The maximum atomic E-state index is 11.9. The molecule has 0 heterocycles. The number of carbonyl (C=O) groups is 2. The normalized spacial score (nSPS) is 12.4. The second kappa shape index (κ2) is 11.1. The molecule has 0 aliphatic heterocycles. The molecule has 8 nitrogen and oxygen atoms in total.